The second-order valence-corrected chi connectivity index (χ2v) is 6.47. The Labute approximate surface area is 133 Å². The molecule has 1 aliphatic carbocycles. The maximum absolute atomic E-state index is 5.88. The first-order valence-electron chi connectivity index (χ1n) is 5.30. The minimum Gasteiger partial charge on any atom is -0.382 e. The van der Waals surface area contributed by atoms with Gasteiger partial charge in [-0.1, -0.05) is 0 Å². The highest BCUT2D eigenvalue weighted by molar-refractivity contribution is 6.45. The van der Waals surface area contributed by atoms with Crippen molar-refractivity contribution >= 4 is 69.6 Å². The molecule has 1 aliphatic rings. The standard InChI is InChI=1S/C6H6Cl6.C4H10O/c7-1-2(8)4(10)6(12)5(11)3(1)9;1-3-5-4-2/h1-6H;3-4H2,1-2H3. The van der Waals surface area contributed by atoms with Crippen LogP contribution in [-0.4, -0.2) is 45.5 Å². The summed E-state index contributed by atoms with van der Waals surface area (Å²) >= 11 is 35.3. The molecule has 1 nitrogen and oxygen atoms in total. The lowest BCUT2D eigenvalue weighted by Gasteiger charge is -2.37. The van der Waals surface area contributed by atoms with Crippen LogP contribution in [-0.2, 0) is 4.74 Å². The van der Waals surface area contributed by atoms with Gasteiger partial charge in [0.05, 0.1) is 32.3 Å². The Kier molecular flexibility index (Phi) is 10.5. The Morgan fingerprint density at radius 3 is 0.824 bits per heavy atom. The van der Waals surface area contributed by atoms with E-state index in [1.54, 1.807) is 0 Å². The SMILES string of the molecule is CCOCC.ClC1C(Cl)C(Cl)C(Cl)C(Cl)C1Cl. The van der Waals surface area contributed by atoms with Crippen molar-refractivity contribution in [3.8, 4) is 0 Å². The van der Waals surface area contributed by atoms with Crippen LogP contribution in [0, 0.1) is 0 Å². The number of alkyl halides is 6. The molecule has 0 saturated heterocycles. The van der Waals surface area contributed by atoms with Crippen molar-refractivity contribution in [3.05, 3.63) is 0 Å². The van der Waals surface area contributed by atoms with Crippen molar-refractivity contribution in [2.45, 2.75) is 46.1 Å². The molecule has 17 heavy (non-hydrogen) atoms. The molecular weight excluding hydrogens is 349 g/mol. The number of hydrogen-bond acceptors (Lipinski definition) is 1. The van der Waals surface area contributed by atoms with Gasteiger partial charge in [0.25, 0.3) is 0 Å². The summed E-state index contributed by atoms with van der Waals surface area (Å²) in [6.07, 6.45) is 0. The molecule has 0 aromatic rings. The van der Waals surface area contributed by atoms with Crippen LogP contribution < -0.4 is 0 Å². The molecule has 1 fully saturated rings. The van der Waals surface area contributed by atoms with Gasteiger partial charge >= 0.3 is 0 Å². The van der Waals surface area contributed by atoms with E-state index in [1.165, 1.54) is 0 Å². The lowest BCUT2D eigenvalue weighted by Crippen LogP contribution is -2.52. The summed E-state index contributed by atoms with van der Waals surface area (Å²) in [6, 6.07) is 0. The van der Waals surface area contributed by atoms with Gasteiger partial charge < -0.3 is 4.74 Å². The van der Waals surface area contributed by atoms with Gasteiger partial charge in [-0.2, -0.15) is 0 Å². The van der Waals surface area contributed by atoms with E-state index >= 15 is 0 Å². The molecule has 0 N–H and O–H groups in total. The van der Waals surface area contributed by atoms with Gasteiger partial charge in [0.1, 0.15) is 0 Å². The van der Waals surface area contributed by atoms with Crippen molar-refractivity contribution in [2.24, 2.45) is 0 Å². The molecule has 0 bridgehead atoms. The Bertz CT molecular complexity index is 145. The van der Waals surface area contributed by atoms with Crippen LogP contribution in [0.25, 0.3) is 0 Å². The Morgan fingerprint density at radius 2 is 0.765 bits per heavy atom. The quantitative estimate of drug-likeness (QED) is 0.646. The zero-order chi connectivity index (χ0) is 13.6. The van der Waals surface area contributed by atoms with Crippen LogP contribution in [0.2, 0.25) is 0 Å². The van der Waals surface area contributed by atoms with E-state index in [4.69, 9.17) is 74.3 Å². The highest BCUT2D eigenvalue weighted by Gasteiger charge is 2.46. The summed E-state index contributed by atoms with van der Waals surface area (Å²) in [5, 5.41) is -2.62. The predicted octanol–water partition coefficient (Wildman–Crippen LogP) is 4.69. The van der Waals surface area contributed by atoms with Crippen LogP contribution in [0.3, 0.4) is 0 Å². The summed E-state index contributed by atoms with van der Waals surface area (Å²) in [7, 11) is 0. The van der Waals surface area contributed by atoms with E-state index in [2.05, 4.69) is 0 Å². The van der Waals surface area contributed by atoms with Gasteiger partial charge in [-0.15, -0.1) is 69.6 Å². The molecule has 0 amide bonds. The van der Waals surface area contributed by atoms with Crippen LogP contribution >= 0.6 is 69.6 Å². The smallest absolute Gasteiger partial charge is 0.0693 e. The predicted molar refractivity (Wildman–Crippen MR) is 80.0 cm³/mol. The summed E-state index contributed by atoms with van der Waals surface area (Å²) in [5.74, 6) is 0. The van der Waals surface area contributed by atoms with Crippen molar-refractivity contribution in [2.75, 3.05) is 13.2 Å². The van der Waals surface area contributed by atoms with E-state index in [1.807, 2.05) is 13.8 Å². The first-order chi connectivity index (χ1) is 7.88. The molecule has 0 heterocycles. The lowest BCUT2D eigenvalue weighted by atomic mass is 9.97. The molecule has 104 valence electrons. The molecule has 0 aromatic heterocycles. The molecule has 0 aromatic carbocycles. The van der Waals surface area contributed by atoms with Crippen LogP contribution in [0.1, 0.15) is 13.8 Å². The van der Waals surface area contributed by atoms with Gasteiger partial charge in [-0.3, -0.25) is 0 Å². The van der Waals surface area contributed by atoms with E-state index in [9.17, 15) is 0 Å². The second kappa shape index (κ2) is 9.58. The molecule has 1 saturated carbocycles. The van der Waals surface area contributed by atoms with Gasteiger partial charge in [-0.05, 0) is 13.8 Å². The first kappa shape index (κ1) is 18.7. The largest absolute Gasteiger partial charge is 0.382 e. The highest BCUT2D eigenvalue weighted by Crippen LogP contribution is 2.39. The molecule has 7 heteroatoms. The topological polar surface area (TPSA) is 9.23 Å². The first-order valence-corrected chi connectivity index (χ1v) is 7.92. The number of hydrogen-bond donors (Lipinski definition) is 0. The summed E-state index contributed by atoms with van der Waals surface area (Å²) < 4.78 is 4.83. The minimum atomic E-state index is -0.437. The third-order valence-corrected chi connectivity index (χ3v) is 6.26. The molecule has 1 rings (SSSR count). The molecule has 0 atom stereocenters. The highest BCUT2D eigenvalue weighted by atomic mass is 35.5. The normalized spacial score (nSPS) is 41.6. The Hall–Kier alpha value is 1.70. The van der Waals surface area contributed by atoms with Gasteiger partial charge in [0.15, 0.2) is 0 Å². The van der Waals surface area contributed by atoms with Crippen LogP contribution in [0.15, 0.2) is 0 Å². The Morgan fingerprint density at radius 1 is 0.588 bits per heavy atom. The van der Waals surface area contributed by atoms with E-state index in [0.717, 1.165) is 13.2 Å². The third-order valence-electron chi connectivity index (χ3n) is 2.23. The number of ether oxygens (including phenoxy) is 1. The number of rotatable bonds is 2. The maximum atomic E-state index is 5.88. The molecule has 0 radical (unpaired) electrons. The van der Waals surface area contributed by atoms with E-state index in [-0.39, 0.29) is 0 Å². The average molecular weight is 365 g/mol. The fourth-order valence-corrected chi connectivity index (χ4v) is 3.59. The fraction of sp³-hybridized carbons (Fsp3) is 1.00. The van der Waals surface area contributed by atoms with E-state index in [0.29, 0.717) is 0 Å². The van der Waals surface area contributed by atoms with Crippen molar-refractivity contribution in [1.82, 2.24) is 0 Å². The maximum Gasteiger partial charge on any atom is 0.0693 e. The third kappa shape index (κ3) is 5.69. The fourth-order valence-electron chi connectivity index (χ4n) is 1.26. The summed E-state index contributed by atoms with van der Waals surface area (Å²) in [6.45, 7) is 5.67. The van der Waals surface area contributed by atoms with Gasteiger partial charge in [-0.25, -0.2) is 0 Å². The van der Waals surface area contributed by atoms with Crippen molar-refractivity contribution in [1.29, 1.82) is 0 Å². The van der Waals surface area contributed by atoms with Gasteiger partial charge in [0.2, 0.25) is 0 Å². The zero-order valence-corrected chi connectivity index (χ0v) is 14.1. The summed E-state index contributed by atoms with van der Waals surface area (Å²) in [4.78, 5) is 0. The minimum absolute atomic E-state index is 0.437. The monoisotopic (exact) mass is 362 g/mol. The number of halogens is 6. The zero-order valence-electron chi connectivity index (χ0n) is 9.55. The van der Waals surface area contributed by atoms with Crippen molar-refractivity contribution in [3.63, 3.8) is 0 Å². The Balaban J connectivity index is 0.000000437. The molecular formula is C10H16Cl6O. The average Bonchev–Trinajstić information content (AvgIpc) is 2.33. The van der Waals surface area contributed by atoms with Gasteiger partial charge in [0, 0.05) is 13.2 Å². The lowest BCUT2D eigenvalue weighted by molar-refractivity contribution is 0.162. The summed E-state index contributed by atoms with van der Waals surface area (Å²) in [5.41, 5.74) is 0. The van der Waals surface area contributed by atoms with Crippen LogP contribution in [0.4, 0.5) is 0 Å². The second-order valence-electron chi connectivity index (χ2n) is 3.45. The van der Waals surface area contributed by atoms with Crippen LogP contribution in [0.5, 0.6) is 0 Å². The van der Waals surface area contributed by atoms with Crippen molar-refractivity contribution < 1.29 is 4.74 Å². The van der Waals surface area contributed by atoms with E-state index < -0.39 is 32.3 Å². The molecule has 0 unspecified atom stereocenters. The molecule has 0 aliphatic heterocycles. The molecule has 0 spiro atoms.